The number of benzene rings is 2. The molecule has 168 valence electrons. The van der Waals surface area contributed by atoms with Crippen LogP contribution in [0.5, 0.6) is 5.75 Å². The van der Waals surface area contributed by atoms with Gasteiger partial charge in [0.05, 0.1) is 30.3 Å². The van der Waals surface area contributed by atoms with E-state index in [9.17, 15) is 4.79 Å². The molecule has 1 unspecified atom stereocenters. The number of nitrogens with one attached hydrogen (secondary N) is 1. The summed E-state index contributed by atoms with van der Waals surface area (Å²) in [4.78, 5) is 19.8. The largest absolute Gasteiger partial charge is 0.493 e. The smallest absolute Gasteiger partial charge is 0.226 e. The number of amides is 1. The maximum atomic E-state index is 12.7. The molecule has 7 heteroatoms. The molecule has 1 amide bonds. The molecule has 1 N–H and O–H groups in total. The summed E-state index contributed by atoms with van der Waals surface area (Å²) in [6.07, 6.45) is 2.61. The fourth-order valence-corrected chi connectivity index (χ4v) is 5.22. The number of carbonyl (C=O) groups is 1. The first kappa shape index (κ1) is 22.8. The van der Waals surface area contributed by atoms with Crippen molar-refractivity contribution in [3.05, 3.63) is 70.2 Å². The van der Waals surface area contributed by atoms with E-state index in [1.807, 2.05) is 54.8 Å². The van der Waals surface area contributed by atoms with Crippen LogP contribution in [0.25, 0.3) is 10.6 Å². The molecule has 1 atom stereocenters. The highest BCUT2D eigenvalue weighted by molar-refractivity contribution is 7.13. The van der Waals surface area contributed by atoms with Gasteiger partial charge in [-0.05, 0) is 56.6 Å². The molecule has 3 aromatic rings. The van der Waals surface area contributed by atoms with Crippen LogP contribution in [0.2, 0.25) is 5.02 Å². The van der Waals surface area contributed by atoms with Crippen molar-refractivity contribution in [2.24, 2.45) is 0 Å². The Bertz CT molecular complexity index is 1050. The standard InChI is InChI=1S/C25H28ClN3O2S/c1-2-31-23-12-6-4-10-20(23)25-28-18(17-32-25)15-24(30)27-16-22(29-13-7-8-14-29)19-9-3-5-11-21(19)26/h3-6,9-12,17,22H,2,7-8,13-16H2,1H3,(H,27,30). The van der Waals surface area contributed by atoms with Gasteiger partial charge in [-0.1, -0.05) is 41.9 Å². The Hall–Kier alpha value is -2.41. The highest BCUT2D eigenvalue weighted by Gasteiger charge is 2.25. The molecule has 0 spiro atoms. The second-order valence-corrected chi connectivity index (χ2v) is 9.10. The molecule has 0 bridgehead atoms. The number of para-hydroxylation sites is 1. The number of carbonyl (C=O) groups excluding carboxylic acids is 1. The van der Waals surface area contributed by atoms with Crippen molar-refractivity contribution < 1.29 is 9.53 Å². The van der Waals surface area contributed by atoms with Gasteiger partial charge in [0.15, 0.2) is 0 Å². The van der Waals surface area contributed by atoms with E-state index in [1.165, 1.54) is 24.2 Å². The molecule has 1 aliphatic heterocycles. The van der Waals surface area contributed by atoms with Gasteiger partial charge in [-0.2, -0.15) is 0 Å². The van der Waals surface area contributed by atoms with E-state index in [4.69, 9.17) is 16.3 Å². The summed E-state index contributed by atoms with van der Waals surface area (Å²) in [5.74, 6) is 0.782. The van der Waals surface area contributed by atoms with Gasteiger partial charge in [-0.3, -0.25) is 9.69 Å². The quantitative estimate of drug-likeness (QED) is 0.458. The summed E-state index contributed by atoms with van der Waals surface area (Å²) < 4.78 is 5.72. The number of aromatic nitrogens is 1. The lowest BCUT2D eigenvalue weighted by Gasteiger charge is -2.29. The molecule has 0 aliphatic carbocycles. The van der Waals surface area contributed by atoms with Gasteiger partial charge in [0.2, 0.25) is 5.91 Å². The SMILES string of the molecule is CCOc1ccccc1-c1nc(CC(=O)NCC(c2ccccc2Cl)N2CCCC2)cs1. The Balaban J connectivity index is 1.41. The predicted molar refractivity (Wildman–Crippen MR) is 130 cm³/mol. The molecule has 2 heterocycles. The van der Waals surface area contributed by atoms with Crippen molar-refractivity contribution in [1.82, 2.24) is 15.2 Å². The summed E-state index contributed by atoms with van der Waals surface area (Å²) in [6, 6.07) is 15.9. The average Bonchev–Trinajstić information content (AvgIpc) is 3.48. The van der Waals surface area contributed by atoms with E-state index in [-0.39, 0.29) is 18.4 Å². The van der Waals surface area contributed by atoms with Crippen LogP contribution < -0.4 is 10.1 Å². The number of rotatable bonds is 9. The highest BCUT2D eigenvalue weighted by atomic mass is 35.5. The maximum absolute atomic E-state index is 12.7. The first-order valence-corrected chi connectivity index (χ1v) is 12.3. The number of nitrogens with zero attached hydrogens (tertiary/aromatic N) is 2. The fraction of sp³-hybridized carbons (Fsp3) is 0.360. The van der Waals surface area contributed by atoms with Gasteiger partial charge < -0.3 is 10.1 Å². The van der Waals surface area contributed by atoms with Gasteiger partial charge in [0.1, 0.15) is 10.8 Å². The normalized spacial score (nSPS) is 14.9. The van der Waals surface area contributed by atoms with Crippen molar-refractivity contribution in [2.45, 2.75) is 32.2 Å². The second kappa shape index (κ2) is 10.9. The molecule has 0 radical (unpaired) electrons. The summed E-state index contributed by atoms with van der Waals surface area (Å²) >= 11 is 8.01. The summed E-state index contributed by atoms with van der Waals surface area (Å²) in [7, 11) is 0. The van der Waals surface area contributed by atoms with E-state index < -0.39 is 0 Å². The van der Waals surface area contributed by atoms with E-state index in [0.717, 1.165) is 45.7 Å². The third-order valence-corrected chi connectivity index (χ3v) is 6.92. The number of thiazole rings is 1. The fourth-order valence-electron chi connectivity index (χ4n) is 4.11. The van der Waals surface area contributed by atoms with Gasteiger partial charge in [-0.15, -0.1) is 11.3 Å². The van der Waals surface area contributed by atoms with E-state index in [2.05, 4.69) is 21.3 Å². The second-order valence-electron chi connectivity index (χ2n) is 7.83. The minimum atomic E-state index is -0.0313. The third kappa shape index (κ3) is 5.49. The number of hydrogen-bond acceptors (Lipinski definition) is 5. The Labute approximate surface area is 198 Å². The molecule has 1 aromatic heterocycles. The molecule has 1 saturated heterocycles. The van der Waals surface area contributed by atoms with Crippen LogP contribution >= 0.6 is 22.9 Å². The first-order chi connectivity index (χ1) is 15.7. The molecule has 32 heavy (non-hydrogen) atoms. The van der Waals surface area contributed by atoms with Gasteiger partial charge in [-0.25, -0.2) is 4.98 Å². The Morgan fingerprint density at radius 3 is 2.72 bits per heavy atom. The van der Waals surface area contributed by atoms with E-state index in [0.29, 0.717) is 13.2 Å². The summed E-state index contributed by atoms with van der Waals surface area (Å²) in [5, 5.41) is 6.67. The van der Waals surface area contributed by atoms with Crippen LogP contribution in [0.3, 0.4) is 0 Å². The molecular formula is C25H28ClN3O2S. The van der Waals surface area contributed by atoms with Gasteiger partial charge >= 0.3 is 0 Å². The Morgan fingerprint density at radius 2 is 1.94 bits per heavy atom. The zero-order valence-electron chi connectivity index (χ0n) is 18.2. The van der Waals surface area contributed by atoms with Gasteiger partial charge in [0.25, 0.3) is 0 Å². The summed E-state index contributed by atoms with van der Waals surface area (Å²) in [6.45, 7) is 5.15. The van der Waals surface area contributed by atoms with Crippen LogP contribution in [0.15, 0.2) is 53.9 Å². The molecule has 5 nitrogen and oxygen atoms in total. The zero-order chi connectivity index (χ0) is 22.3. The zero-order valence-corrected chi connectivity index (χ0v) is 19.8. The predicted octanol–water partition coefficient (Wildman–Crippen LogP) is 5.36. The molecule has 0 saturated carbocycles. The Morgan fingerprint density at radius 1 is 1.19 bits per heavy atom. The lowest BCUT2D eigenvalue weighted by atomic mass is 10.1. The minimum Gasteiger partial charge on any atom is -0.493 e. The lowest BCUT2D eigenvalue weighted by Crippen LogP contribution is -2.37. The Kier molecular flexibility index (Phi) is 7.79. The van der Waals surface area contributed by atoms with Crippen LogP contribution in [0, 0.1) is 0 Å². The minimum absolute atomic E-state index is 0.0313. The highest BCUT2D eigenvalue weighted by Crippen LogP contribution is 2.32. The number of hydrogen-bond donors (Lipinski definition) is 1. The number of ether oxygens (including phenoxy) is 1. The number of likely N-dealkylation sites (tertiary alicyclic amines) is 1. The van der Waals surface area contributed by atoms with Crippen molar-refractivity contribution in [2.75, 3.05) is 26.2 Å². The molecular weight excluding hydrogens is 442 g/mol. The van der Waals surface area contributed by atoms with Crippen molar-refractivity contribution >= 4 is 28.8 Å². The van der Waals surface area contributed by atoms with Crippen molar-refractivity contribution in [3.63, 3.8) is 0 Å². The average molecular weight is 470 g/mol. The molecule has 2 aromatic carbocycles. The molecule has 4 rings (SSSR count). The van der Waals surface area contributed by atoms with Crippen LogP contribution in [0.1, 0.15) is 37.1 Å². The first-order valence-electron chi connectivity index (χ1n) is 11.1. The van der Waals surface area contributed by atoms with Crippen molar-refractivity contribution in [3.8, 4) is 16.3 Å². The van der Waals surface area contributed by atoms with E-state index in [1.54, 1.807) is 0 Å². The van der Waals surface area contributed by atoms with E-state index >= 15 is 0 Å². The summed E-state index contributed by atoms with van der Waals surface area (Å²) in [5.41, 5.74) is 2.79. The number of halogens is 1. The molecule has 1 aliphatic rings. The lowest BCUT2D eigenvalue weighted by molar-refractivity contribution is -0.120. The van der Waals surface area contributed by atoms with Crippen LogP contribution in [-0.2, 0) is 11.2 Å². The maximum Gasteiger partial charge on any atom is 0.226 e. The monoisotopic (exact) mass is 469 g/mol. The van der Waals surface area contributed by atoms with Crippen molar-refractivity contribution in [1.29, 1.82) is 0 Å². The topological polar surface area (TPSA) is 54.5 Å². The van der Waals surface area contributed by atoms with Crippen LogP contribution in [0.4, 0.5) is 0 Å². The molecule has 1 fully saturated rings. The van der Waals surface area contributed by atoms with Crippen LogP contribution in [-0.4, -0.2) is 42.0 Å². The van der Waals surface area contributed by atoms with Gasteiger partial charge in [0, 0.05) is 16.9 Å². The third-order valence-electron chi connectivity index (χ3n) is 5.65.